The summed E-state index contributed by atoms with van der Waals surface area (Å²) < 4.78 is 0. The molecule has 1 aliphatic carbocycles. The number of benzene rings is 2. The molecule has 1 fully saturated rings. The molecule has 0 aliphatic heterocycles. The van der Waals surface area contributed by atoms with E-state index in [1.165, 1.54) is 12.1 Å². The van der Waals surface area contributed by atoms with E-state index in [-0.39, 0.29) is 30.0 Å². The van der Waals surface area contributed by atoms with Crippen molar-refractivity contribution in [2.24, 2.45) is 17.8 Å². The number of nitrogens with one attached hydrogen (secondary N) is 1. The quantitative estimate of drug-likeness (QED) is 0.358. The average Bonchev–Trinajstić information content (AvgIpc) is 2.83. The highest BCUT2D eigenvalue weighted by atomic mass is 16.6. The van der Waals surface area contributed by atoms with Crippen LogP contribution in [0.15, 0.2) is 54.6 Å². The van der Waals surface area contributed by atoms with Crippen LogP contribution >= 0.6 is 0 Å². The number of hydrogen-bond donors (Lipinski definition) is 1. The number of carbonyl (C=O) groups excluding carboxylic acids is 2. The number of nitro groups is 1. The highest BCUT2D eigenvalue weighted by Crippen LogP contribution is 2.36. The molecule has 0 spiro atoms. The predicted octanol–water partition coefficient (Wildman–Crippen LogP) is 6.04. The molecule has 194 valence electrons. The summed E-state index contributed by atoms with van der Waals surface area (Å²) in [6.07, 6.45) is 3.62. The number of rotatable bonds is 8. The van der Waals surface area contributed by atoms with Crippen LogP contribution in [0.3, 0.4) is 0 Å². The van der Waals surface area contributed by atoms with Crippen LogP contribution < -0.4 is 5.32 Å². The summed E-state index contributed by atoms with van der Waals surface area (Å²) in [4.78, 5) is 40.2. The third-order valence-electron chi connectivity index (χ3n) is 7.02. The molecule has 7 heteroatoms. The van der Waals surface area contributed by atoms with Crippen LogP contribution in [0.2, 0.25) is 0 Å². The summed E-state index contributed by atoms with van der Waals surface area (Å²) in [6, 6.07) is 14.7. The first-order valence-electron chi connectivity index (χ1n) is 12.9. The standard InChI is InChI=1S/C29H39N3O4/c1-20(2)22-11-13-24(14-12-22)28(34)31(19-21-9-7-6-8-10-21)26(27(33)30-29(3,4)5)23-15-17-25(18-16-23)32(35)36/h6-10,15-18,20,22,24,26H,11-14,19H2,1-5H3,(H,30,33). The zero-order chi connectivity index (χ0) is 26.5. The highest BCUT2D eigenvalue weighted by molar-refractivity contribution is 5.90. The second-order valence-electron chi connectivity index (χ2n) is 11.3. The molecule has 0 bridgehead atoms. The largest absolute Gasteiger partial charge is 0.349 e. The van der Waals surface area contributed by atoms with E-state index in [1.807, 2.05) is 51.1 Å². The Balaban J connectivity index is 2.01. The van der Waals surface area contributed by atoms with Gasteiger partial charge in [-0.25, -0.2) is 0 Å². The number of nitrogens with zero attached hydrogens (tertiary/aromatic N) is 2. The van der Waals surface area contributed by atoms with Crippen molar-refractivity contribution in [2.75, 3.05) is 0 Å². The van der Waals surface area contributed by atoms with E-state index in [1.54, 1.807) is 17.0 Å². The zero-order valence-corrected chi connectivity index (χ0v) is 22.1. The lowest BCUT2D eigenvalue weighted by Crippen LogP contribution is -2.50. The first-order chi connectivity index (χ1) is 17.0. The van der Waals surface area contributed by atoms with Crippen molar-refractivity contribution >= 4 is 17.5 Å². The van der Waals surface area contributed by atoms with Gasteiger partial charge in [0.05, 0.1) is 4.92 Å². The van der Waals surface area contributed by atoms with Crippen LogP contribution in [0.4, 0.5) is 5.69 Å². The van der Waals surface area contributed by atoms with Gasteiger partial charge in [0.1, 0.15) is 6.04 Å². The Kier molecular flexibility index (Phi) is 8.88. The molecule has 0 saturated heterocycles. The lowest BCUT2D eigenvalue weighted by Gasteiger charge is -2.38. The number of amides is 2. The Bertz CT molecular complexity index is 1040. The Morgan fingerprint density at radius 3 is 2.08 bits per heavy atom. The predicted molar refractivity (Wildman–Crippen MR) is 141 cm³/mol. The van der Waals surface area contributed by atoms with Crippen molar-refractivity contribution in [3.63, 3.8) is 0 Å². The molecule has 2 amide bonds. The summed E-state index contributed by atoms with van der Waals surface area (Å²) >= 11 is 0. The van der Waals surface area contributed by atoms with Gasteiger partial charge in [-0.15, -0.1) is 0 Å². The van der Waals surface area contributed by atoms with Crippen LogP contribution in [0, 0.1) is 27.9 Å². The Labute approximate surface area is 214 Å². The number of carbonyl (C=O) groups is 2. The molecule has 1 unspecified atom stereocenters. The molecule has 0 radical (unpaired) electrons. The average molecular weight is 494 g/mol. The summed E-state index contributed by atoms with van der Waals surface area (Å²) in [5, 5.41) is 14.3. The first kappa shape index (κ1) is 27.4. The van der Waals surface area contributed by atoms with Gasteiger partial charge in [-0.2, -0.15) is 0 Å². The van der Waals surface area contributed by atoms with Crippen molar-refractivity contribution in [3.05, 3.63) is 75.8 Å². The third-order valence-corrected chi connectivity index (χ3v) is 7.02. The smallest absolute Gasteiger partial charge is 0.269 e. The SMILES string of the molecule is CC(C)C1CCC(C(=O)N(Cc2ccccc2)C(C(=O)NC(C)(C)C)c2ccc([N+](=O)[O-])cc2)CC1. The van der Waals surface area contributed by atoms with Gasteiger partial charge in [0, 0.05) is 30.1 Å². The molecule has 1 saturated carbocycles. The Hall–Kier alpha value is -3.22. The van der Waals surface area contributed by atoms with E-state index in [4.69, 9.17) is 0 Å². The fraction of sp³-hybridized carbons (Fsp3) is 0.517. The van der Waals surface area contributed by atoms with E-state index < -0.39 is 16.5 Å². The molecule has 0 aromatic heterocycles. The van der Waals surface area contributed by atoms with Crippen molar-refractivity contribution in [1.29, 1.82) is 0 Å². The van der Waals surface area contributed by atoms with Gasteiger partial charge in [-0.05, 0) is 81.5 Å². The molecule has 0 heterocycles. The highest BCUT2D eigenvalue weighted by Gasteiger charge is 2.38. The molecule has 3 rings (SSSR count). The van der Waals surface area contributed by atoms with Crippen molar-refractivity contribution in [1.82, 2.24) is 10.2 Å². The number of hydrogen-bond acceptors (Lipinski definition) is 4. The third kappa shape index (κ3) is 7.15. The van der Waals surface area contributed by atoms with Gasteiger partial charge in [0.25, 0.3) is 5.69 Å². The van der Waals surface area contributed by atoms with Crippen LogP contribution in [-0.2, 0) is 16.1 Å². The van der Waals surface area contributed by atoms with Crippen LogP contribution in [0.5, 0.6) is 0 Å². The molecular formula is C29H39N3O4. The van der Waals surface area contributed by atoms with Crippen molar-refractivity contribution < 1.29 is 14.5 Å². The minimum absolute atomic E-state index is 0.0338. The van der Waals surface area contributed by atoms with Crippen LogP contribution in [0.25, 0.3) is 0 Å². The van der Waals surface area contributed by atoms with Gasteiger partial charge in [-0.1, -0.05) is 44.2 Å². The van der Waals surface area contributed by atoms with E-state index in [2.05, 4.69) is 19.2 Å². The zero-order valence-electron chi connectivity index (χ0n) is 22.1. The summed E-state index contributed by atoms with van der Waals surface area (Å²) in [7, 11) is 0. The number of nitro benzene ring substituents is 1. The van der Waals surface area contributed by atoms with Gasteiger partial charge < -0.3 is 10.2 Å². The monoisotopic (exact) mass is 493 g/mol. The molecule has 1 atom stereocenters. The maximum atomic E-state index is 14.1. The summed E-state index contributed by atoms with van der Waals surface area (Å²) in [6.45, 7) is 10.4. The van der Waals surface area contributed by atoms with E-state index in [0.29, 0.717) is 17.4 Å². The second kappa shape index (κ2) is 11.7. The second-order valence-corrected chi connectivity index (χ2v) is 11.3. The van der Waals surface area contributed by atoms with Crippen molar-refractivity contribution in [3.8, 4) is 0 Å². The molecule has 1 N–H and O–H groups in total. The summed E-state index contributed by atoms with van der Waals surface area (Å²) in [5.74, 6) is 0.731. The van der Waals surface area contributed by atoms with E-state index >= 15 is 0 Å². The molecule has 1 aliphatic rings. The van der Waals surface area contributed by atoms with E-state index in [0.717, 1.165) is 31.2 Å². The lowest BCUT2D eigenvalue weighted by molar-refractivity contribution is -0.384. The first-order valence-corrected chi connectivity index (χ1v) is 12.9. The van der Waals surface area contributed by atoms with Gasteiger partial charge in [-0.3, -0.25) is 19.7 Å². The molecule has 2 aromatic carbocycles. The van der Waals surface area contributed by atoms with Crippen LogP contribution in [0.1, 0.15) is 77.5 Å². The normalized spacial score (nSPS) is 18.9. The maximum Gasteiger partial charge on any atom is 0.269 e. The summed E-state index contributed by atoms with van der Waals surface area (Å²) in [5.41, 5.74) is 0.925. The van der Waals surface area contributed by atoms with Crippen molar-refractivity contribution in [2.45, 2.75) is 78.4 Å². The maximum absolute atomic E-state index is 14.1. The molecule has 7 nitrogen and oxygen atoms in total. The Morgan fingerprint density at radius 2 is 1.58 bits per heavy atom. The molecular weight excluding hydrogens is 454 g/mol. The lowest BCUT2D eigenvalue weighted by atomic mass is 9.76. The Morgan fingerprint density at radius 1 is 1.00 bits per heavy atom. The fourth-order valence-corrected chi connectivity index (χ4v) is 5.03. The number of non-ortho nitro benzene ring substituents is 1. The van der Waals surface area contributed by atoms with E-state index in [9.17, 15) is 19.7 Å². The topological polar surface area (TPSA) is 92.6 Å². The van der Waals surface area contributed by atoms with Gasteiger partial charge in [0.15, 0.2) is 0 Å². The van der Waals surface area contributed by atoms with Gasteiger partial charge in [0.2, 0.25) is 11.8 Å². The van der Waals surface area contributed by atoms with Gasteiger partial charge >= 0.3 is 0 Å². The molecule has 2 aromatic rings. The minimum atomic E-state index is -0.902. The fourth-order valence-electron chi connectivity index (χ4n) is 5.03. The molecule has 36 heavy (non-hydrogen) atoms. The minimum Gasteiger partial charge on any atom is -0.349 e. The van der Waals surface area contributed by atoms with Crippen LogP contribution in [-0.4, -0.2) is 27.2 Å².